The molecule has 0 saturated heterocycles. The standard InChI is InChI=1S/C30H27BrClN3O5/c31-29-21(9-4-10-23(29)20-7-2-1-3-8-20)18-40-27-14-26(39-17-19-6-5-11-34-15-19)22(12-24(27)32)16-35-25(30(37)38)13-28(33)36/h1-12,14-15,25,35H,13,16-18H2,(H2,33,36)(H,37,38)/t25-/m0/s1. The number of nitrogens with zero attached hydrogens (tertiary/aromatic N) is 1. The van der Waals surface area contributed by atoms with Crippen LogP contribution in [0.25, 0.3) is 11.1 Å². The van der Waals surface area contributed by atoms with Gasteiger partial charge in [-0.05, 0) is 39.2 Å². The first kappa shape index (κ1) is 29.1. The van der Waals surface area contributed by atoms with E-state index in [2.05, 4.69) is 26.2 Å². The van der Waals surface area contributed by atoms with Crippen molar-refractivity contribution in [1.29, 1.82) is 0 Å². The topological polar surface area (TPSA) is 124 Å². The van der Waals surface area contributed by atoms with E-state index in [1.807, 2.05) is 54.6 Å². The van der Waals surface area contributed by atoms with Gasteiger partial charge in [-0.3, -0.25) is 19.9 Å². The number of benzene rings is 3. The minimum Gasteiger partial charge on any atom is -0.488 e. The number of ether oxygens (including phenoxy) is 2. The lowest BCUT2D eigenvalue weighted by Crippen LogP contribution is -2.39. The number of aliphatic carboxylic acids is 1. The number of halogens is 2. The highest BCUT2D eigenvalue weighted by Crippen LogP contribution is 2.36. The van der Waals surface area contributed by atoms with Crippen LogP contribution >= 0.6 is 27.5 Å². The van der Waals surface area contributed by atoms with Crippen molar-refractivity contribution in [2.45, 2.75) is 32.2 Å². The number of hydrogen-bond donors (Lipinski definition) is 3. The van der Waals surface area contributed by atoms with Gasteiger partial charge in [-0.15, -0.1) is 0 Å². The van der Waals surface area contributed by atoms with E-state index in [1.165, 1.54) is 0 Å². The number of carbonyl (C=O) groups excluding carboxylic acids is 1. The summed E-state index contributed by atoms with van der Waals surface area (Å²) in [5.41, 5.74) is 9.68. The Morgan fingerprint density at radius 2 is 1.75 bits per heavy atom. The molecule has 40 heavy (non-hydrogen) atoms. The Kier molecular flexibility index (Phi) is 10.1. The number of nitrogens with one attached hydrogen (secondary N) is 1. The van der Waals surface area contributed by atoms with Gasteiger partial charge in [-0.2, -0.15) is 0 Å². The summed E-state index contributed by atoms with van der Waals surface area (Å²) in [6, 6.07) is 21.8. The summed E-state index contributed by atoms with van der Waals surface area (Å²) in [4.78, 5) is 27.0. The molecule has 1 aromatic heterocycles. The summed E-state index contributed by atoms with van der Waals surface area (Å²) in [6.07, 6.45) is 3.01. The molecule has 206 valence electrons. The molecule has 1 amide bonds. The molecule has 0 aliphatic carbocycles. The van der Waals surface area contributed by atoms with Crippen LogP contribution in [0.5, 0.6) is 11.5 Å². The van der Waals surface area contributed by atoms with Crippen LogP contribution in [0.4, 0.5) is 0 Å². The zero-order chi connectivity index (χ0) is 28.5. The molecule has 1 atom stereocenters. The fraction of sp³-hybridized carbons (Fsp3) is 0.167. The van der Waals surface area contributed by atoms with Crippen LogP contribution in [0.3, 0.4) is 0 Å². The number of pyridine rings is 1. The van der Waals surface area contributed by atoms with Crippen LogP contribution in [0.15, 0.2) is 89.7 Å². The van der Waals surface area contributed by atoms with Crippen LogP contribution < -0.4 is 20.5 Å². The molecule has 1 heterocycles. The van der Waals surface area contributed by atoms with Gasteiger partial charge in [0.05, 0.1) is 11.4 Å². The van der Waals surface area contributed by atoms with Crippen molar-refractivity contribution in [2.24, 2.45) is 5.73 Å². The number of carboxylic acid groups (broad SMARTS) is 1. The third-order valence-electron chi connectivity index (χ3n) is 6.02. The Labute approximate surface area is 245 Å². The first-order valence-corrected chi connectivity index (χ1v) is 13.5. The molecule has 0 radical (unpaired) electrons. The van der Waals surface area contributed by atoms with E-state index in [1.54, 1.807) is 30.6 Å². The second-order valence-corrected chi connectivity index (χ2v) is 10.1. The van der Waals surface area contributed by atoms with E-state index in [0.29, 0.717) is 22.1 Å². The second-order valence-electron chi connectivity index (χ2n) is 8.92. The van der Waals surface area contributed by atoms with Crippen molar-refractivity contribution < 1.29 is 24.2 Å². The van der Waals surface area contributed by atoms with Crippen molar-refractivity contribution in [1.82, 2.24) is 10.3 Å². The molecule has 3 aromatic carbocycles. The second kappa shape index (κ2) is 13.9. The van der Waals surface area contributed by atoms with Gasteiger partial charge in [0.15, 0.2) is 0 Å². The first-order chi connectivity index (χ1) is 19.3. The minimum absolute atomic E-state index is 0.0668. The van der Waals surface area contributed by atoms with Gasteiger partial charge in [-0.25, -0.2) is 0 Å². The van der Waals surface area contributed by atoms with E-state index < -0.39 is 17.9 Å². The summed E-state index contributed by atoms with van der Waals surface area (Å²) in [7, 11) is 0. The third-order valence-corrected chi connectivity index (χ3v) is 7.25. The van der Waals surface area contributed by atoms with Gasteiger partial charge < -0.3 is 20.3 Å². The third kappa shape index (κ3) is 7.81. The number of carbonyl (C=O) groups is 2. The molecule has 0 fully saturated rings. The van der Waals surface area contributed by atoms with Gasteiger partial charge in [0.25, 0.3) is 0 Å². The molecule has 0 aliphatic heterocycles. The van der Waals surface area contributed by atoms with Crippen LogP contribution in [-0.2, 0) is 29.3 Å². The molecule has 4 N–H and O–H groups in total. The monoisotopic (exact) mass is 623 g/mol. The average molecular weight is 625 g/mol. The highest BCUT2D eigenvalue weighted by atomic mass is 79.9. The molecule has 4 aromatic rings. The van der Waals surface area contributed by atoms with E-state index in [-0.39, 0.29) is 26.2 Å². The molecule has 0 unspecified atom stereocenters. The molecular formula is C30H27BrClN3O5. The van der Waals surface area contributed by atoms with Gasteiger partial charge in [-0.1, -0.05) is 66.2 Å². The predicted octanol–water partition coefficient (Wildman–Crippen LogP) is 5.74. The molecule has 0 bridgehead atoms. The van der Waals surface area contributed by atoms with Crippen molar-refractivity contribution in [3.05, 3.63) is 111 Å². The van der Waals surface area contributed by atoms with Gasteiger partial charge in [0.2, 0.25) is 5.91 Å². The van der Waals surface area contributed by atoms with Crippen LogP contribution in [0.1, 0.15) is 23.1 Å². The van der Waals surface area contributed by atoms with E-state index in [4.69, 9.17) is 26.8 Å². The summed E-state index contributed by atoms with van der Waals surface area (Å²) in [5.74, 6) is -1.07. The van der Waals surface area contributed by atoms with Crippen LogP contribution in [0, 0.1) is 0 Å². The number of amides is 1. The van der Waals surface area contributed by atoms with Crippen molar-refractivity contribution in [3.63, 3.8) is 0 Å². The number of nitrogens with two attached hydrogens (primary N) is 1. The number of rotatable bonds is 13. The average Bonchev–Trinajstić information content (AvgIpc) is 2.95. The smallest absolute Gasteiger partial charge is 0.321 e. The molecule has 8 nitrogen and oxygen atoms in total. The van der Waals surface area contributed by atoms with Crippen molar-refractivity contribution >= 4 is 39.4 Å². The van der Waals surface area contributed by atoms with E-state index >= 15 is 0 Å². The summed E-state index contributed by atoms with van der Waals surface area (Å²) >= 11 is 10.3. The molecule has 0 aliphatic rings. The maximum atomic E-state index is 11.6. The fourth-order valence-corrected chi connectivity index (χ4v) is 4.82. The fourth-order valence-electron chi connectivity index (χ4n) is 3.97. The van der Waals surface area contributed by atoms with Gasteiger partial charge in [0, 0.05) is 46.2 Å². The molecule has 4 rings (SSSR count). The Balaban J connectivity index is 1.56. The maximum Gasteiger partial charge on any atom is 0.321 e. The molecule has 0 saturated carbocycles. The van der Waals surface area contributed by atoms with Crippen molar-refractivity contribution in [2.75, 3.05) is 0 Å². The Morgan fingerprint density at radius 3 is 2.45 bits per heavy atom. The lowest BCUT2D eigenvalue weighted by atomic mass is 10.0. The number of primary amides is 1. The normalized spacial score (nSPS) is 11.6. The maximum absolute atomic E-state index is 11.6. The first-order valence-electron chi connectivity index (χ1n) is 12.4. The highest BCUT2D eigenvalue weighted by Gasteiger charge is 2.21. The molecule has 0 spiro atoms. The minimum atomic E-state index is -1.19. The van der Waals surface area contributed by atoms with Gasteiger partial charge in [0.1, 0.15) is 30.8 Å². The number of aromatic nitrogens is 1. The van der Waals surface area contributed by atoms with Gasteiger partial charge >= 0.3 is 5.97 Å². The zero-order valence-corrected chi connectivity index (χ0v) is 23.7. The van der Waals surface area contributed by atoms with Crippen molar-refractivity contribution in [3.8, 4) is 22.6 Å². The largest absolute Gasteiger partial charge is 0.488 e. The molecular weight excluding hydrogens is 598 g/mol. The van der Waals surface area contributed by atoms with E-state index in [9.17, 15) is 14.7 Å². The van der Waals surface area contributed by atoms with Crippen LogP contribution in [-0.4, -0.2) is 28.0 Å². The quantitative estimate of drug-likeness (QED) is 0.173. The summed E-state index contributed by atoms with van der Waals surface area (Å²) < 4.78 is 13.1. The summed E-state index contributed by atoms with van der Waals surface area (Å²) in [5, 5.41) is 12.6. The SMILES string of the molecule is NC(=O)C[C@H](NCc1cc(Cl)c(OCc2cccc(-c3ccccc3)c2Br)cc1OCc1cccnc1)C(=O)O. The van der Waals surface area contributed by atoms with E-state index in [0.717, 1.165) is 26.7 Å². The van der Waals surface area contributed by atoms with Crippen LogP contribution in [0.2, 0.25) is 5.02 Å². The predicted molar refractivity (Wildman–Crippen MR) is 156 cm³/mol. The Bertz CT molecular complexity index is 1470. The lowest BCUT2D eigenvalue weighted by Gasteiger charge is -2.18. The lowest BCUT2D eigenvalue weighted by molar-refractivity contribution is -0.141. The summed E-state index contributed by atoms with van der Waals surface area (Å²) in [6.45, 7) is 0.522. The highest BCUT2D eigenvalue weighted by molar-refractivity contribution is 9.10. The number of hydrogen-bond acceptors (Lipinski definition) is 6. The Hall–Kier alpha value is -3.92. The zero-order valence-electron chi connectivity index (χ0n) is 21.3. The number of carboxylic acids is 1. The molecule has 10 heteroatoms. The Morgan fingerprint density at radius 1 is 0.975 bits per heavy atom.